The maximum Gasteiger partial charge on any atom is 0.150 e. The van der Waals surface area contributed by atoms with E-state index in [4.69, 9.17) is 0 Å². The van der Waals surface area contributed by atoms with Crippen molar-refractivity contribution in [2.24, 2.45) is 0 Å². The van der Waals surface area contributed by atoms with Gasteiger partial charge in [-0.3, -0.25) is 4.79 Å². The summed E-state index contributed by atoms with van der Waals surface area (Å²) in [5.74, 6) is 0. The molecule has 2 aromatic carbocycles. The van der Waals surface area contributed by atoms with E-state index in [1.807, 2.05) is 13.8 Å². The summed E-state index contributed by atoms with van der Waals surface area (Å²) >= 11 is 0. The van der Waals surface area contributed by atoms with Gasteiger partial charge in [0.2, 0.25) is 0 Å². The van der Waals surface area contributed by atoms with Gasteiger partial charge in [-0.15, -0.1) is 0 Å². The lowest BCUT2D eigenvalue weighted by molar-refractivity contribution is 0.112. The standard InChI is InChI=1S/C16H18O/c1-9-6-7-14-13(5)15(8-17)11(3)12(4)16(14)10(9)2/h6-8H,1-5H3. The Morgan fingerprint density at radius 1 is 0.824 bits per heavy atom. The molecule has 0 N–H and O–H groups in total. The number of hydrogen-bond donors (Lipinski definition) is 0. The Bertz CT molecular complexity index is 621. The number of fused-ring (bicyclic) bond motifs is 1. The zero-order valence-electron chi connectivity index (χ0n) is 11.1. The fraction of sp³-hybridized carbons (Fsp3) is 0.312. The van der Waals surface area contributed by atoms with E-state index in [9.17, 15) is 4.79 Å². The molecule has 88 valence electrons. The van der Waals surface area contributed by atoms with E-state index >= 15 is 0 Å². The smallest absolute Gasteiger partial charge is 0.150 e. The number of hydrogen-bond acceptors (Lipinski definition) is 1. The van der Waals surface area contributed by atoms with Crippen LogP contribution in [0.3, 0.4) is 0 Å². The molecule has 0 atom stereocenters. The second-order valence-corrected chi connectivity index (χ2v) is 4.84. The van der Waals surface area contributed by atoms with Gasteiger partial charge in [0.1, 0.15) is 0 Å². The summed E-state index contributed by atoms with van der Waals surface area (Å²) in [5.41, 5.74) is 6.91. The number of benzene rings is 2. The first-order valence-electron chi connectivity index (χ1n) is 5.94. The first-order chi connectivity index (χ1) is 7.99. The molecule has 0 amide bonds. The maximum atomic E-state index is 11.2. The van der Waals surface area contributed by atoms with Crippen LogP contribution in [0.1, 0.15) is 38.2 Å². The van der Waals surface area contributed by atoms with Crippen LogP contribution < -0.4 is 0 Å². The minimum absolute atomic E-state index is 0.846. The predicted molar refractivity (Wildman–Crippen MR) is 73.0 cm³/mol. The first kappa shape index (κ1) is 11.8. The van der Waals surface area contributed by atoms with Crippen molar-refractivity contribution in [1.29, 1.82) is 0 Å². The van der Waals surface area contributed by atoms with Crippen molar-refractivity contribution in [3.8, 4) is 0 Å². The minimum Gasteiger partial charge on any atom is -0.298 e. The average Bonchev–Trinajstić information content (AvgIpc) is 2.30. The molecule has 0 spiro atoms. The molecule has 0 heterocycles. The largest absolute Gasteiger partial charge is 0.298 e. The van der Waals surface area contributed by atoms with E-state index in [2.05, 4.69) is 32.9 Å². The summed E-state index contributed by atoms with van der Waals surface area (Å²) in [6.45, 7) is 10.5. The molecular weight excluding hydrogens is 208 g/mol. The van der Waals surface area contributed by atoms with Gasteiger partial charge < -0.3 is 0 Å². The molecule has 2 aromatic rings. The molecule has 0 bridgehead atoms. The Labute approximate surface area is 102 Å². The van der Waals surface area contributed by atoms with Crippen molar-refractivity contribution in [1.82, 2.24) is 0 Å². The van der Waals surface area contributed by atoms with Gasteiger partial charge in [-0.05, 0) is 73.2 Å². The van der Waals surface area contributed by atoms with Gasteiger partial charge >= 0.3 is 0 Å². The van der Waals surface area contributed by atoms with Crippen LogP contribution in [-0.2, 0) is 0 Å². The average molecular weight is 226 g/mol. The van der Waals surface area contributed by atoms with Crippen LogP contribution in [-0.4, -0.2) is 6.29 Å². The van der Waals surface area contributed by atoms with Crippen molar-refractivity contribution in [2.75, 3.05) is 0 Å². The molecule has 0 saturated carbocycles. The Balaban J connectivity index is 3.09. The summed E-state index contributed by atoms with van der Waals surface area (Å²) < 4.78 is 0. The molecule has 0 radical (unpaired) electrons. The molecule has 0 fully saturated rings. The van der Waals surface area contributed by atoms with Gasteiger partial charge in [0.15, 0.2) is 6.29 Å². The van der Waals surface area contributed by atoms with Crippen LogP contribution in [0.25, 0.3) is 10.8 Å². The number of carbonyl (C=O) groups excluding carboxylic acids is 1. The zero-order chi connectivity index (χ0) is 12.7. The number of aryl methyl sites for hydroxylation is 4. The normalized spacial score (nSPS) is 10.9. The highest BCUT2D eigenvalue weighted by Gasteiger charge is 2.13. The molecule has 17 heavy (non-hydrogen) atoms. The van der Waals surface area contributed by atoms with E-state index in [1.54, 1.807) is 0 Å². The topological polar surface area (TPSA) is 17.1 Å². The van der Waals surface area contributed by atoms with Gasteiger partial charge in [-0.1, -0.05) is 12.1 Å². The van der Waals surface area contributed by atoms with Crippen molar-refractivity contribution in [3.63, 3.8) is 0 Å². The van der Waals surface area contributed by atoms with Crippen LogP contribution in [0.2, 0.25) is 0 Å². The summed E-state index contributed by atoms with van der Waals surface area (Å²) in [6.07, 6.45) is 0.978. The summed E-state index contributed by atoms with van der Waals surface area (Å²) in [7, 11) is 0. The van der Waals surface area contributed by atoms with E-state index in [-0.39, 0.29) is 0 Å². The Morgan fingerprint density at radius 2 is 1.47 bits per heavy atom. The van der Waals surface area contributed by atoms with E-state index in [1.165, 1.54) is 27.5 Å². The third-order valence-electron chi connectivity index (χ3n) is 4.00. The third-order valence-corrected chi connectivity index (χ3v) is 4.00. The lowest BCUT2D eigenvalue weighted by Crippen LogP contribution is -1.99. The Morgan fingerprint density at radius 3 is 2.06 bits per heavy atom. The molecule has 1 heteroatoms. The molecule has 0 unspecified atom stereocenters. The van der Waals surface area contributed by atoms with Crippen molar-refractivity contribution in [3.05, 3.63) is 45.5 Å². The minimum atomic E-state index is 0.846. The highest BCUT2D eigenvalue weighted by molar-refractivity contribution is 5.98. The second kappa shape index (κ2) is 3.99. The fourth-order valence-electron chi connectivity index (χ4n) is 2.60. The predicted octanol–water partition coefficient (Wildman–Crippen LogP) is 4.19. The highest BCUT2D eigenvalue weighted by Crippen LogP contribution is 2.32. The number of aldehydes is 1. The fourth-order valence-corrected chi connectivity index (χ4v) is 2.60. The van der Waals surface area contributed by atoms with Gasteiger partial charge in [-0.2, -0.15) is 0 Å². The van der Waals surface area contributed by atoms with E-state index < -0.39 is 0 Å². The summed E-state index contributed by atoms with van der Waals surface area (Å²) in [4.78, 5) is 11.2. The summed E-state index contributed by atoms with van der Waals surface area (Å²) in [5, 5.41) is 2.52. The van der Waals surface area contributed by atoms with Crippen LogP contribution in [0.4, 0.5) is 0 Å². The monoisotopic (exact) mass is 226 g/mol. The SMILES string of the molecule is Cc1ccc2c(C)c(C=O)c(C)c(C)c2c1C. The first-order valence-corrected chi connectivity index (χ1v) is 5.94. The number of rotatable bonds is 1. The third kappa shape index (κ3) is 1.57. The van der Waals surface area contributed by atoms with E-state index in [0.717, 1.165) is 23.0 Å². The summed E-state index contributed by atoms with van der Waals surface area (Å²) in [6, 6.07) is 4.26. The van der Waals surface area contributed by atoms with Crippen LogP contribution in [0, 0.1) is 34.6 Å². The lowest BCUT2D eigenvalue weighted by atomic mass is 9.88. The molecule has 0 saturated heterocycles. The zero-order valence-corrected chi connectivity index (χ0v) is 11.1. The lowest BCUT2D eigenvalue weighted by Gasteiger charge is -2.16. The second-order valence-electron chi connectivity index (χ2n) is 4.84. The molecule has 1 nitrogen and oxygen atoms in total. The van der Waals surface area contributed by atoms with Crippen LogP contribution >= 0.6 is 0 Å². The van der Waals surface area contributed by atoms with Gasteiger partial charge in [0.25, 0.3) is 0 Å². The molecule has 0 aliphatic carbocycles. The van der Waals surface area contributed by atoms with Crippen molar-refractivity contribution >= 4 is 17.1 Å². The Kier molecular flexibility index (Phi) is 2.78. The van der Waals surface area contributed by atoms with E-state index in [0.29, 0.717) is 0 Å². The van der Waals surface area contributed by atoms with Gasteiger partial charge in [-0.25, -0.2) is 0 Å². The van der Waals surface area contributed by atoms with Crippen molar-refractivity contribution < 1.29 is 4.79 Å². The van der Waals surface area contributed by atoms with Crippen LogP contribution in [0.15, 0.2) is 12.1 Å². The Hall–Kier alpha value is -1.63. The van der Waals surface area contributed by atoms with Gasteiger partial charge in [0, 0.05) is 5.56 Å². The number of carbonyl (C=O) groups is 1. The molecule has 0 aliphatic rings. The molecular formula is C16H18O. The quantitative estimate of drug-likeness (QED) is 0.666. The molecule has 2 rings (SSSR count). The van der Waals surface area contributed by atoms with Crippen molar-refractivity contribution in [2.45, 2.75) is 34.6 Å². The molecule has 0 aromatic heterocycles. The van der Waals surface area contributed by atoms with Gasteiger partial charge in [0.05, 0.1) is 0 Å². The highest BCUT2D eigenvalue weighted by atomic mass is 16.1. The maximum absolute atomic E-state index is 11.2. The van der Waals surface area contributed by atoms with Crippen LogP contribution in [0.5, 0.6) is 0 Å². The molecule has 0 aliphatic heterocycles.